The second kappa shape index (κ2) is 6.50. The molecule has 3 heteroatoms. The molecule has 0 spiro atoms. The van der Waals surface area contributed by atoms with Gasteiger partial charge in [0.1, 0.15) is 6.54 Å². The molecule has 0 saturated heterocycles. The minimum absolute atomic E-state index is 0.262. The van der Waals surface area contributed by atoms with Crippen molar-refractivity contribution >= 4 is 5.91 Å². The molecule has 3 nitrogen and oxygen atoms in total. The summed E-state index contributed by atoms with van der Waals surface area (Å²) in [4.78, 5) is 16.1. The Labute approximate surface area is 104 Å². The van der Waals surface area contributed by atoms with Gasteiger partial charge in [0.05, 0.1) is 20.0 Å². The Morgan fingerprint density at radius 2 is 1.94 bits per heavy atom. The quantitative estimate of drug-likeness (QED) is 0.710. The zero-order valence-corrected chi connectivity index (χ0v) is 11.1. The lowest BCUT2D eigenvalue weighted by Gasteiger charge is -2.34. The molecule has 0 saturated carbocycles. The van der Waals surface area contributed by atoms with Gasteiger partial charge in [-0.2, -0.15) is 0 Å². The Morgan fingerprint density at radius 3 is 2.35 bits per heavy atom. The van der Waals surface area contributed by atoms with E-state index in [0.29, 0.717) is 4.48 Å². The number of hydrogen-bond donors (Lipinski definition) is 0. The van der Waals surface area contributed by atoms with Crippen molar-refractivity contribution in [3.8, 4) is 0 Å². The van der Waals surface area contributed by atoms with Crippen molar-refractivity contribution in [1.29, 1.82) is 0 Å². The summed E-state index contributed by atoms with van der Waals surface area (Å²) in [5.74, 6) is 0.262. The van der Waals surface area contributed by atoms with Crippen LogP contribution in [-0.2, 0) is 11.3 Å². The van der Waals surface area contributed by atoms with Crippen molar-refractivity contribution < 1.29 is 9.28 Å². The molecule has 1 aromatic rings. The average molecular weight is 235 g/mol. The van der Waals surface area contributed by atoms with Gasteiger partial charge in [0.25, 0.3) is 0 Å². The summed E-state index contributed by atoms with van der Waals surface area (Å²) in [5, 5.41) is 0. The highest BCUT2D eigenvalue weighted by Crippen LogP contribution is 2.17. The van der Waals surface area contributed by atoms with Crippen LogP contribution in [-0.4, -0.2) is 28.5 Å². The van der Waals surface area contributed by atoms with Crippen LogP contribution in [0.15, 0.2) is 24.5 Å². The summed E-state index contributed by atoms with van der Waals surface area (Å²) < 4.78 is 0.554. The van der Waals surface area contributed by atoms with Gasteiger partial charge in [-0.3, -0.25) is 9.47 Å². The van der Waals surface area contributed by atoms with E-state index in [2.05, 4.69) is 18.8 Å². The first-order valence-electron chi connectivity index (χ1n) is 6.40. The first-order valence-corrected chi connectivity index (χ1v) is 6.40. The van der Waals surface area contributed by atoms with Crippen molar-refractivity contribution in [2.75, 3.05) is 13.1 Å². The summed E-state index contributed by atoms with van der Waals surface area (Å²) in [6.45, 7) is 8.58. The highest BCUT2D eigenvalue weighted by molar-refractivity contribution is 5.65. The molecule has 0 N–H and O–H groups in total. The fraction of sp³-hybridized carbons (Fsp3) is 0.571. The normalized spacial score (nSPS) is 11.5. The van der Waals surface area contributed by atoms with E-state index in [1.807, 2.05) is 18.3 Å². The molecule has 0 radical (unpaired) electrons. The van der Waals surface area contributed by atoms with Crippen LogP contribution in [0, 0.1) is 0 Å². The Balaban J connectivity index is 2.92. The molecule has 94 valence electrons. The third-order valence-electron chi connectivity index (χ3n) is 3.18. The van der Waals surface area contributed by atoms with E-state index in [4.69, 9.17) is 0 Å². The molecule has 1 amide bonds. The monoisotopic (exact) mass is 235 g/mol. The van der Waals surface area contributed by atoms with Gasteiger partial charge in [-0.1, -0.05) is 19.9 Å². The number of carbonyl (C=O) groups is 1. The number of quaternary nitrogens is 1. The molecule has 1 heterocycles. The van der Waals surface area contributed by atoms with Gasteiger partial charge in [-0.15, -0.1) is 0 Å². The average Bonchev–Trinajstić information content (AvgIpc) is 2.30. The lowest BCUT2D eigenvalue weighted by Crippen LogP contribution is -2.51. The molecule has 1 rings (SSSR count). The maximum Gasteiger partial charge on any atom is 0.310 e. The van der Waals surface area contributed by atoms with Crippen molar-refractivity contribution in [2.45, 2.75) is 40.2 Å². The smallest absolute Gasteiger partial charge is 0.264 e. The molecule has 0 fully saturated rings. The molecule has 0 unspecified atom stereocenters. The van der Waals surface area contributed by atoms with E-state index < -0.39 is 0 Å². The molecule has 1 aromatic heterocycles. The van der Waals surface area contributed by atoms with Crippen LogP contribution in [0.5, 0.6) is 0 Å². The van der Waals surface area contributed by atoms with E-state index in [1.165, 1.54) is 0 Å². The molecule has 17 heavy (non-hydrogen) atoms. The summed E-state index contributed by atoms with van der Waals surface area (Å²) in [6, 6.07) is 3.98. The van der Waals surface area contributed by atoms with Gasteiger partial charge < -0.3 is 0 Å². The number of rotatable bonds is 6. The summed E-state index contributed by atoms with van der Waals surface area (Å²) in [6.07, 6.45) is 5.69. The zero-order valence-electron chi connectivity index (χ0n) is 11.1. The molecule has 0 bridgehead atoms. The van der Waals surface area contributed by atoms with Crippen LogP contribution in [0.1, 0.15) is 39.2 Å². The molecule has 0 aliphatic carbocycles. The summed E-state index contributed by atoms with van der Waals surface area (Å²) >= 11 is 0. The highest BCUT2D eigenvalue weighted by atomic mass is 16.2. The van der Waals surface area contributed by atoms with Gasteiger partial charge in [0.15, 0.2) is 0 Å². The zero-order chi connectivity index (χ0) is 12.7. The SMILES string of the molecule is CCC[N+](CCC)(Cc1cccnc1)C(C)=O. The van der Waals surface area contributed by atoms with E-state index in [0.717, 1.165) is 38.0 Å². The lowest BCUT2D eigenvalue weighted by atomic mass is 10.2. The Kier molecular flexibility index (Phi) is 5.29. The van der Waals surface area contributed by atoms with Crippen molar-refractivity contribution in [3.05, 3.63) is 30.1 Å². The minimum Gasteiger partial charge on any atom is -0.264 e. The number of amides is 1. The number of pyridine rings is 1. The molecule has 0 atom stereocenters. The second-order valence-corrected chi connectivity index (χ2v) is 4.63. The molecule has 0 aliphatic heterocycles. The van der Waals surface area contributed by atoms with Crippen LogP contribution in [0.4, 0.5) is 0 Å². The summed E-state index contributed by atoms with van der Waals surface area (Å²) in [5.41, 5.74) is 1.14. The van der Waals surface area contributed by atoms with E-state index in [1.54, 1.807) is 13.1 Å². The third kappa shape index (κ3) is 3.63. The van der Waals surface area contributed by atoms with Crippen molar-refractivity contribution in [1.82, 2.24) is 4.98 Å². The van der Waals surface area contributed by atoms with Crippen LogP contribution < -0.4 is 0 Å². The molecular weight excluding hydrogens is 212 g/mol. The van der Waals surface area contributed by atoms with Crippen LogP contribution >= 0.6 is 0 Å². The third-order valence-corrected chi connectivity index (χ3v) is 3.18. The Hall–Kier alpha value is -1.22. The summed E-state index contributed by atoms with van der Waals surface area (Å²) in [7, 11) is 0. The first kappa shape index (κ1) is 13.8. The Morgan fingerprint density at radius 1 is 1.29 bits per heavy atom. The fourth-order valence-corrected chi connectivity index (χ4v) is 2.39. The maximum absolute atomic E-state index is 12.0. The highest BCUT2D eigenvalue weighted by Gasteiger charge is 2.31. The van der Waals surface area contributed by atoms with Crippen LogP contribution in [0.25, 0.3) is 0 Å². The maximum atomic E-state index is 12.0. The number of hydrogen-bond acceptors (Lipinski definition) is 2. The van der Waals surface area contributed by atoms with Crippen LogP contribution in [0.2, 0.25) is 0 Å². The largest absolute Gasteiger partial charge is 0.310 e. The first-order chi connectivity index (χ1) is 8.14. The van der Waals surface area contributed by atoms with Gasteiger partial charge in [-0.05, 0) is 18.9 Å². The van der Waals surface area contributed by atoms with E-state index in [9.17, 15) is 4.79 Å². The predicted molar refractivity (Wildman–Crippen MR) is 69.2 cm³/mol. The molecular formula is C14H23N2O+. The van der Waals surface area contributed by atoms with E-state index >= 15 is 0 Å². The number of aromatic nitrogens is 1. The standard InChI is InChI=1S/C14H23N2O/c1-4-9-16(10-5-2,13(3)17)12-14-7-6-8-15-11-14/h6-8,11H,4-5,9-10,12H2,1-3H3/q+1. The topological polar surface area (TPSA) is 30.0 Å². The van der Waals surface area contributed by atoms with E-state index in [-0.39, 0.29) is 5.91 Å². The van der Waals surface area contributed by atoms with Gasteiger partial charge >= 0.3 is 5.91 Å². The van der Waals surface area contributed by atoms with Crippen molar-refractivity contribution in [3.63, 3.8) is 0 Å². The number of nitrogens with zero attached hydrogens (tertiary/aromatic N) is 2. The lowest BCUT2D eigenvalue weighted by molar-refractivity contribution is -0.867. The minimum atomic E-state index is 0.262. The van der Waals surface area contributed by atoms with Gasteiger partial charge in [0.2, 0.25) is 0 Å². The molecule has 0 aliphatic rings. The molecule has 0 aromatic carbocycles. The van der Waals surface area contributed by atoms with Crippen LogP contribution in [0.3, 0.4) is 0 Å². The van der Waals surface area contributed by atoms with Gasteiger partial charge in [-0.25, -0.2) is 4.79 Å². The number of carbonyl (C=O) groups excluding carboxylic acids is 1. The Bertz CT molecular complexity index is 342. The second-order valence-electron chi connectivity index (χ2n) is 4.63. The van der Waals surface area contributed by atoms with Gasteiger partial charge in [0, 0.05) is 18.0 Å². The van der Waals surface area contributed by atoms with Crippen molar-refractivity contribution in [2.24, 2.45) is 0 Å². The predicted octanol–water partition coefficient (Wildman–Crippen LogP) is 2.76. The fourth-order valence-electron chi connectivity index (χ4n) is 2.39.